The fourth-order valence-electron chi connectivity index (χ4n) is 2.34. The van der Waals surface area contributed by atoms with E-state index in [-0.39, 0.29) is 9.92 Å². The maximum absolute atomic E-state index is 12.2. The summed E-state index contributed by atoms with van der Waals surface area (Å²) in [5, 5.41) is 0.0621. The topological polar surface area (TPSA) is 84.5 Å². The first-order valence-corrected chi connectivity index (χ1v) is 10.2. The van der Waals surface area contributed by atoms with Crippen LogP contribution in [0.15, 0.2) is 83.8 Å². The minimum atomic E-state index is -3.98. The summed E-state index contributed by atoms with van der Waals surface area (Å²) in [5.74, 6) is 0.157. The highest BCUT2D eigenvalue weighted by Crippen LogP contribution is 2.19. The molecule has 0 saturated carbocycles. The SMILES string of the molecule is O=C(NNS(=O)(=O)c1ccccc1Cl)c1ccc(COc2ccccc2)cc1. The van der Waals surface area contributed by atoms with Gasteiger partial charge in [0.05, 0.1) is 5.02 Å². The van der Waals surface area contributed by atoms with Crippen molar-refractivity contribution in [2.75, 3.05) is 0 Å². The van der Waals surface area contributed by atoms with Gasteiger partial charge in [0.25, 0.3) is 15.9 Å². The zero-order chi connectivity index (χ0) is 20.0. The van der Waals surface area contributed by atoms with Crippen molar-refractivity contribution in [3.8, 4) is 5.75 Å². The van der Waals surface area contributed by atoms with Crippen molar-refractivity contribution in [3.05, 3.63) is 95.0 Å². The van der Waals surface area contributed by atoms with Crippen LogP contribution in [-0.2, 0) is 16.6 Å². The van der Waals surface area contributed by atoms with E-state index in [0.717, 1.165) is 11.3 Å². The third-order valence-electron chi connectivity index (χ3n) is 3.79. The molecule has 0 spiro atoms. The van der Waals surface area contributed by atoms with E-state index in [0.29, 0.717) is 12.2 Å². The molecule has 28 heavy (non-hydrogen) atoms. The third kappa shape index (κ3) is 5.10. The van der Waals surface area contributed by atoms with Gasteiger partial charge in [-0.1, -0.05) is 54.1 Å². The number of amides is 1. The molecule has 0 bridgehead atoms. The highest BCUT2D eigenvalue weighted by Gasteiger charge is 2.18. The molecule has 6 nitrogen and oxygen atoms in total. The molecule has 3 aromatic carbocycles. The van der Waals surface area contributed by atoms with Crippen LogP contribution in [0.25, 0.3) is 0 Å². The van der Waals surface area contributed by atoms with Crippen LogP contribution in [0.1, 0.15) is 15.9 Å². The minimum absolute atomic E-state index is 0.0621. The van der Waals surface area contributed by atoms with E-state index in [2.05, 4.69) is 5.43 Å². The molecule has 144 valence electrons. The Morgan fingerprint density at radius 3 is 2.21 bits per heavy atom. The van der Waals surface area contributed by atoms with Crippen molar-refractivity contribution in [2.24, 2.45) is 0 Å². The molecular weight excluding hydrogens is 400 g/mol. The van der Waals surface area contributed by atoms with Gasteiger partial charge in [-0.25, -0.2) is 8.42 Å². The summed E-state index contributed by atoms with van der Waals surface area (Å²) < 4.78 is 30.1. The molecule has 0 heterocycles. The molecule has 0 radical (unpaired) electrons. The van der Waals surface area contributed by atoms with Crippen LogP contribution in [-0.4, -0.2) is 14.3 Å². The molecule has 0 atom stereocenters. The number of para-hydroxylation sites is 1. The predicted molar refractivity (Wildman–Crippen MR) is 106 cm³/mol. The molecule has 0 aromatic heterocycles. The predicted octanol–water partition coefficient (Wildman–Crippen LogP) is 3.54. The Morgan fingerprint density at radius 1 is 0.893 bits per heavy atom. The number of rotatable bonds is 7. The summed E-state index contributed by atoms with van der Waals surface area (Å²) in [6.07, 6.45) is 0. The molecule has 2 N–H and O–H groups in total. The molecule has 0 aliphatic heterocycles. The van der Waals surface area contributed by atoms with Gasteiger partial charge in [-0.3, -0.25) is 10.2 Å². The van der Waals surface area contributed by atoms with Gasteiger partial charge in [-0.05, 0) is 42.0 Å². The summed E-state index contributed by atoms with van der Waals surface area (Å²) in [4.78, 5) is 14.1. The summed E-state index contributed by atoms with van der Waals surface area (Å²) in [5.41, 5.74) is 3.34. The number of hydrogen-bond acceptors (Lipinski definition) is 4. The van der Waals surface area contributed by atoms with Crippen LogP contribution in [0.5, 0.6) is 5.75 Å². The van der Waals surface area contributed by atoms with Gasteiger partial charge in [0.2, 0.25) is 0 Å². The minimum Gasteiger partial charge on any atom is -0.489 e. The molecule has 1 amide bonds. The third-order valence-corrected chi connectivity index (χ3v) is 5.54. The molecule has 0 fully saturated rings. The maximum atomic E-state index is 12.2. The Kier molecular flexibility index (Phi) is 6.30. The highest BCUT2D eigenvalue weighted by atomic mass is 35.5. The number of carbonyl (C=O) groups excluding carboxylic acids is 1. The second-order valence-corrected chi connectivity index (χ2v) is 7.85. The molecule has 0 aliphatic rings. The monoisotopic (exact) mass is 416 g/mol. The largest absolute Gasteiger partial charge is 0.489 e. The van der Waals surface area contributed by atoms with Gasteiger partial charge < -0.3 is 4.74 Å². The molecule has 3 rings (SSSR count). The van der Waals surface area contributed by atoms with Crippen molar-refractivity contribution in [2.45, 2.75) is 11.5 Å². The van der Waals surface area contributed by atoms with E-state index in [1.807, 2.05) is 35.2 Å². The lowest BCUT2D eigenvalue weighted by Gasteiger charge is -2.10. The lowest BCUT2D eigenvalue weighted by molar-refractivity contribution is 0.0945. The Bertz CT molecular complexity index is 1060. The number of hydrogen-bond donors (Lipinski definition) is 2. The molecule has 0 aliphatic carbocycles. The number of ether oxygens (including phenoxy) is 1. The summed E-state index contributed by atoms with van der Waals surface area (Å²) in [6.45, 7) is 0.352. The van der Waals surface area contributed by atoms with Crippen LogP contribution >= 0.6 is 11.6 Å². The zero-order valence-corrected chi connectivity index (χ0v) is 16.2. The first kappa shape index (κ1) is 19.9. The molecule has 3 aromatic rings. The first-order valence-electron chi connectivity index (χ1n) is 8.29. The van der Waals surface area contributed by atoms with Crippen molar-refractivity contribution in [3.63, 3.8) is 0 Å². The Balaban J connectivity index is 1.58. The Hall–Kier alpha value is -2.87. The van der Waals surface area contributed by atoms with Gasteiger partial charge >= 0.3 is 0 Å². The normalized spacial score (nSPS) is 11.0. The Labute approximate surface area is 168 Å². The summed E-state index contributed by atoms with van der Waals surface area (Å²) >= 11 is 5.89. The standard InChI is InChI=1S/C20H17ClN2O4S/c21-18-8-4-5-9-19(18)28(25,26)23-22-20(24)16-12-10-15(11-13-16)14-27-17-6-2-1-3-7-17/h1-13,23H,14H2,(H,22,24). The van der Waals surface area contributed by atoms with Crippen LogP contribution in [0.3, 0.4) is 0 Å². The highest BCUT2D eigenvalue weighted by molar-refractivity contribution is 7.89. The summed E-state index contributed by atoms with van der Waals surface area (Å²) in [7, 11) is -3.98. The van der Waals surface area contributed by atoms with Crippen molar-refractivity contribution in [1.82, 2.24) is 10.3 Å². The van der Waals surface area contributed by atoms with E-state index < -0.39 is 15.9 Å². The maximum Gasteiger partial charge on any atom is 0.266 e. The molecule has 8 heteroatoms. The smallest absolute Gasteiger partial charge is 0.266 e. The quantitative estimate of drug-likeness (QED) is 0.577. The van der Waals surface area contributed by atoms with Crippen molar-refractivity contribution in [1.29, 1.82) is 0 Å². The van der Waals surface area contributed by atoms with E-state index in [4.69, 9.17) is 16.3 Å². The fraction of sp³-hybridized carbons (Fsp3) is 0.0500. The van der Waals surface area contributed by atoms with E-state index in [9.17, 15) is 13.2 Å². The lowest BCUT2D eigenvalue weighted by Crippen LogP contribution is -2.41. The molecule has 0 unspecified atom stereocenters. The van der Waals surface area contributed by atoms with Gasteiger partial charge in [0, 0.05) is 5.56 Å². The van der Waals surface area contributed by atoms with E-state index in [1.165, 1.54) is 12.1 Å². The van der Waals surface area contributed by atoms with E-state index >= 15 is 0 Å². The van der Waals surface area contributed by atoms with Crippen LogP contribution in [0, 0.1) is 0 Å². The molecule has 0 saturated heterocycles. The summed E-state index contributed by atoms with van der Waals surface area (Å²) in [6, 6.07) is 22.0. The number of halogens is 1. The second-order valence-electron chi connectivity index (χ2n) is 5.79. The van der Waals surface area contributed by atoms with Gasteiger partial charge in [-0.2, -0.15) is 0 Å². The lowest BCUT2D eigenvalue weighted by atomic mass is 10.1. The molecular formula is C20H17ClN2O4S. The average molecular weight is 417 g/mol. The first-order chi connectivity index (χ1) is 13.5. The van der Waals surface area contributed by atoms with Crippen molar-refractivity contribution < 1.29 is 17.9 Å². The number of carbonyl (C=O) groups is 1. The van der Waals surface area contributed by atoms with Crippen LogP contribution < -0.4 is 15.0 Å². The number of sulfonamides is 1. The van der Waals surface area contributed by atoms with Gasteiger partial charge in [0.1, 0.15) is 17.3 Å². The van der Waals surface area contributed by atoms with Crippen LogP contribution in [0.4, 0.5) is 0 Å². The van der Waals surface area contributed by atoms with E-state index in [1.54, 1.807) is 36.4 Å². The van der Waals surface area contributed by atoms with Crippen molar-refractivity contribution >= 4 is 27.5 Å². The van der Waals surface area contributed by atoms with Gasteiger partial charge in [-0.15, -0.1) is 4.83 Å². The second kappa shape index (κ2) is 8.88. The Morgan fingerprint density at radius 2 is 1.54 bits per heavy atom. The number of nitrogens with one attached hydrogen (secondary N) is 2. The fourth-order valence-corrected chi connectivity index (χ4v) is 3.70. The average Bonchev–Trinajstić information content (AvgIpc) is 2.72. The van der Waals surface area contributed by atoms with Gasteiger partial charge in [0.15, 0.2) is 0 Å². The number of benzene rings is 3. The zero-order valence-electron chi connectivity index (χ0n) is 14.6. The van der Waals surface area contributed by atoms with Crippen LogP contribution in [0.2, 0.25) is 5.02 Å². The number of hydrazine groups is 1.